The SMILES string of the molecule is CCCCc1nc(Cl)c(C=O)n1Cc1ccc2sc(-c3ccccc3C(=O)OC)nc2c1. The van der Waals surface area contributed by atoms with Crippen LogP contribution in [-0.2, 0) is 17.7 Å². The summed E-state index contributed by atoms with van der Waals surface area (Å²) >= 11 is 7.72. The Bertz CT molecular complexity index is 1300. The van der Waals surface area contributed by atoms with Gasteiger partial charge in [0.05, 0.1) is 22.9 Å². The molecule has 0 fully saturated rings. The lowest BCUT2D eigenvalue weighted by Gasteiger charge is -2.09. The fourth-order valence-corrected chi connectivity index (χ4v) is 4.85. The highest BCUT2D eigenvalue weighted by atomic mass is 35.5. The number of ether oxygens (including phenoxy) is 1. The Morgan fingerprint density at radius 3 is 2.78 bits per heavy atom. The van der Waals surface area contributed by atoms with Gasteiger partial charge in [-0.2, -0.15) is 0 Å². The van der Waals surface area contributed by atoms with Crippen LogP contribution in [-0.4, -0.2) is 33.9 Å². The van der Waals surface area contributed by atoms with Crippen LogP contribution < -0.4 is 0 Å². The normalized spacial score (nSPS) is 11.1. The summed E-state index contributed by atoms with van der Waals surface area (Å²) < 4.78 is 7.80. The standard InChI is InChI=1S/C24H22ClN3O3S/c1-3-4-9-21-27-22(25)19(14-29)28(21)13-15-10-11-20-18(12-15)26-23(32-20)16-7-5-6-8-17(16)24(30)31-2/h5-8,10-12,14H,3-4,9,13H2,1-2H3. The van der Waals surface area contributed by atoms with E-state index in [1.165, 1.54) is 18.4 Å². The van der Waals surface area contributed by atoms with E-state index in [9.17, 15) is 9.59 Å². The second kappa shape index (κ2) is 9.63. The van der Waals surface area contributed by atoms with Gasteiger partial charge < -0.3 is 9.30 Å². The summed E-state index contributed by atoms with van der Waals surface area (Å²) in [6.07, 6.45) is 3.52. The molecular weight excluding hydrogens is 446 g/mol. The van der Waals surface area contributed by atoms with Crippen molar-refractivity contribution in [3.63, 3.8) is 0 Å². The van der Waals surface area contributed by atoms with E-state index in [0.717, 1.165) is 57.7 Å². The molecule has 4 rings (SSSR count). The minimum atomic E-state index is -0.390. The molecule has 0 aliphatic carbocycles. The van der Waals surface area contributed by atoms with Crippen LogP contribution >= 0.6 is 22.9 Å². The number of aldehydes is 1. The molecule has 0 N–H and O–H groups in total. The monoisotopic (exact) mass is 467 g/mol. The zero-order valence-corrected chi connectivity index (χ0v) is 19.4. The molecule has 2 aromatic heterocycles. The number of unbranched alkanes of at least 4 members (excludes halogenated alkanes) is 1. The number of benzene rings is 2. The van der Waals surface area contributed by atoms with Gasteiger partial charge in [0, 0.05) is 18.5 Å². The molecule has 0 saturated heterocycles. The number of thiazole rings is 1. The topological polar surface area (TPSA) is 74.1 Å². The molecule has 2 aromatic carbocycles. The molecule has 0 radical (unpaired) electrons. The zero-order chi connectivity index (χ0) is 22.7. The Hall–Kier alpha value is -3.03. The number of aromatic nitrogens is 3. The summed E-state index contributed by atoms with van der Waals surface area (Å²) in [5.41, 5.74) is 3.44. The number of halogens is 1. The molecule has 0 atom stereocenters. The molecule has 0 unspecified atom stereocenters. The Labute approximate surface area is 194 Å². The Balaban J connectivity index is 1.70. The number of hydrogen-bond donors (Lipinski definition) is 0. The van der Waals surface area contributed by atoms with E-state index in [2.05, 4.69) is 11.9 Å². The van der Waals surface area contributed by atoms with Gasteiger partial charge in [-0.05, 0) is 30.2 Å². The number of aryl methyl sites for hydroxylation is 1. The maximum absolute atomic E-state index is 12.2. The van der Waals surface area contributed by atoms with E-state index in [1.54, 1.807) is 12.1 Å². The van der Waals surface area contributed by atoms with Crippen molar-refractivity contribution in [2.45, 2.75) is 32.7 Å². The van der Waals surface area contributed by atoms with E-state index >= 15 is 0 Å². The number of imidazole rings is 1. The zero-order valence-electron chi connectivity index (χ0n) is 17.8. The molecule has 164 valence electrons. The van der Waals surface area contributed by atoms with Gasteiger partial charge in [-0.1, -0.05) is 49.2 Å². The Morgan fingerprint density at radius 2 is 2.03 bits per heavy atom. The maximum Gasteiger partial charge on any atom is 0.338 e. The second-order valence-corrected chi connectivity index (χ2v) is 8.76. The molecule has 32 heavy (non-hydrogen) atoms. The third-order valence-electron chi connectivity index (χ3n) is 5.26. The predicted molar refractivity (Wildman–Crippen MR) is 127 cm³/mol. The lowest BCUT2D eigenvalue weighted by Crippen LogP contribution is -2.08. The summed E-state index contributed by atoms with van der Waals surface area (Å²) in [7, 11) is 1.37. The van der Waals surface area contributed by atoms with Crippen LogP contribution in [0.15, 0.2) is 42.5 Å². The summed E-state index contributed by atoms with van der Waals surface area (Å²) in [6, 6.07) is 13.3. The van der Waals surface area contributed by atoms with Crippen molar-refractivity contribution in [2.75, 3.05) is 7.11 Å². The van der Waals surface area contributed by atoms with E-state index in [1.807, 2.05) is 34.9 Å². The largest absolute Gasteiger partial charge is 0.465 e. The van der Waals surface area contributed by atoms with Gasteiger partial charge >= 0.3 is 5.97 Å². The van der Waals surface area contributed by atoms with Gasteiger partial charge in [-0.3, -0.25) is 4.79 Å². The summed E-state index contributed by atoms with van der Waals surface area (Å²) in [4.78, 5) is 32.9. The van der Waals surface area contributed by atoms with Crippen molar-refractivity contribution in [1.29, 1.82) is 0 Å². The van der Waals surface area contributed by atoms with E-state index < -0.39 is 5.97 Å². The number of esters is 1. The third kappa shape index (κ3) is 4.31. The number of carbonyl (C=O) groups excluding carboxylic acids is 2. The first-order chi connectivity index (χ1) is 15.5. The fourth-order valence-electron chi connectivity index (χ4n) is 3.62. The van der Waals surface area contributed by atoms with E-state index in [-0.39, 0.29) is 5.15 Å². The van der Waals surface area contributed by atoms with Crippen molar-refractivity contribution in [3.05, 3.63) is 70.3 Å². The minimum Gasteiger partial charge on any atom is -0.465 e. The summed E-state index contributed by atoms with van der Waals surface area (Å²) in [5, 5.41) is 0.989. The first-order valence-electron chi connectivity index (χ1n) is 10.3. The smallest absolute Gasteiger partial charge is 0.338 e. The average Bonchev–Trinajstić information content (AvgIpc) is 3.37. The van der Waals surface area contributed by atoms with Gasteiger partial charge in [0.25, 0.3) is 0 Å². The second-order valence-electron chi connectivity index (χ2n) is 7.37. The van der Waals surface area contributed by atoms with Crippen molar-refractivity contribution < 1.29 is 14.3 Å². The molecule has 0 saturated carbocycles. The van der Waals surface area contributed by atoms with Crippen molar-refractivity contribution in [1.82, 2.24) is 14.5 Å². The molecule has 2 heterocycles. The van der Waals surface area contributed by atoms with Gasteiger partial charge in [-0.15, -0.1) is 11.3 Å². The van der Waals surface area contributed by atoms with Gasteiger partial charge in [0.1, 0.15) is 16.5 Å². The maximum atomic E-state index is 12.2. The molecule has 8 heteroatoms. The van der Waals surface area contributed by atoms with E-state index in [0.29, 0.717) is 17.8 Å². The van der Waals surface area contributed by atoms with Crippen LogP contribution in [0.5, 0.6) is 0 Å². The molecule has 0 bridgehead atoms. The number of rotatable bonds is 8. The molecule has 0 spiro atoms. The fraction of sp³-hybridized carbons (Fsp3) is 0.250. The van der Waals surface area contributed by atoms with E-state index in [4.69, 9.17) is 21.3 Å². The molecular formula is C24H22ClN3O3S. The number of nitrogens with zero attached hydrogens (tertiary/aromatic N) is 3. The van der Waals surface area contributed by atoms with Crippen molar-refractivity contribution in [2.24, 2.45) is 0 Å². The highest BCUT2D eigenvalue weighted by molar-refractivity contribution is 7.21. The Kier molecular flexibility index (Phi) is 6.67. The van der Waals surface area contributed by atoms with Crippen LogP contribution in [0.4, 0.5) is 0 Å². The first kappa shape index (κ1) is 22.2. The number of methoxy groups -OCH3 is 1. The predicted octanol–water partition coefficient (Wildman–Crippen LogP) is 5.80. The molecule has 0 aliphatic heterocycles. The van der Waals surface area contributed by atoms with Crippen LogP contribution in [0.3, 0.4) is 0 Å². The van der Waals surface area contributed by atoms with Crippen molar-refractivity contribution >= 4 is 45.4 Å². The average molecular weight is 468 g/mol. The first-order valence-corrected chi connectivity index (χ1v) is 11.5. The quantitative estimate of drug-likeness (QED) is 0.242. The number of fused-ring (bicyclic) bond motifs is 1. The van der Waals surface area contributed by atoms with Gasteiger partial charge in [0.2, 0.25) is 0 Å². The molecule has 0 amide bonds. The lowest BCUT2D eigenvalue weighted by atomic mass is 10.1. The van der Waals surface area contributed by atoms with Gasteiger partial charge in [0.15, 0.2) is 11.4 Å². The molecule has 6 nitrogen and oxygen atoms in total. The summed E-state index contributed by atoms with van der Waals surface area (Å²) in [6.45, 7) is 2.59. The highest BCUT2D eigenvalue weighted by Gasteiger charge is 2.18. The third-order valence-corrected chi connectivity index (χ3v) is 6.61. The van der Waals surface area contributed by atoms with Crippen LogP contribution in [0.25, 0.3) is 20.8 Å². The Morgan fingerprint density at radius 1 is 1.22 bits per heavy atom. The molecule has 0 aliphatic rings. The van der Waals surface area contributed by atoms with Gasteiger partial charge in [-0.25, -0.2) is 14.8 Å². The molecule has 4 aromatic rings. The highest BCUT2D eigenvalue weighted by Crippen LogP contribution is 2.33. The van der Waals surface area contributed by atoms with Crippen LogP contribution in [0.1, 0.15) is 52.0 Å². The van der Waals surface area contributed by atoms with Crippen LogP contribution in [0.2, 0.25) is 5.15 Å². The van der Waals surface area contributed by atoms with Crippen molar-refractivity contribution in [3.8, 4) is 10.6 Å². The van der Waals surface area contributed by atoms with Crippen LogP contribution in [0, 0.1) is 0 Å². The lowest BCUT2D eigenvalue weighted by molar-refractivity contribution is 0.0601. The number of carbonyl (C=O) groups is 2. The minimum absolute atomic E-state index is 0.238. The number of hydrogen-bond acceptors (Lipinski definition) is 6. The summed E-state index contributed by atoms with van der Waals surface area (Å²) in [5.74, 6) is 0.420.